The van der Waals surface area contributed by atoms with Crippen LogP contribution in [-0.4, -0.2) is 61.7 Å². The van der Waals surface area contributed by atoms with Gasteiger partial charge in [0.05, 0.1) is 46.7 Å². The molecule has 2 aliphatic heterocycles. The van der Waals surface area contributed by atoms with E-state index in [4.69, 9.17) is 18.9 Å². The fourth-order valence-corrected chi connectivity index (χ4v) is 5.58. The van der Waals surface area contributed by atoms with Crippen LogP contribution in [0.5, 0.6) is 23.0 Å². The molecule has 0 fully saturated rings. The van der Waals surface area contributed by atoms with Gasteiger partial charge in [-0.1, -0.05) is 6.07 Å². The molecule has 1 aromatic heterocycles. The third kappa shape index (κ3) is 4.65. The topological polar surface area (TPSA) is 87.1 Å². The number of carbonyl (C=O) groups is 1. The first-order chi connectivity index (χ1) is 19.1. The zero-order valence-corrected chi connectivity index (χ0v) is 22.8. The molecule has 0 unspecified atom stereocenters. The summed E-state index contributed by atoms with van der Waals surface area (Å²) in [5, 5.41) is 7.19. The lowest BCUT2D eigenvalue weighted by molar-refractivity contribution is -0.173. The van der Waals surface area contributed by atoms with Crippen LogP contribution in [0.15, 0.2) is 36.5 Å². The number of alkyl halides is 3. The number of carbonyl (C=O) groups excluding carboxylic acids is 1. The molecule has 1 N–H and O–H groups in total. The Labute approximate surface area is 229 Å². The first kappa shape index (κ1) is 27.5. The summed E-state index contributed by atoms with van der Waals surface area (Å²) in [4.78, 5) is 15.5. The predicted molar refractivity (Wildman–Crippen MR) is 141 cm³/mol. The van der Waals surface area contributed by atoms with Gasteiger partial charge >= 0.3 is 6.18 Å². The number of hydrogen-bond donors (Lipinski definition) is 1. The molecule has 3 aromatic rings. The molecule has 0 spiro atoms. The van der Waals surface area contributed by atoms with Gasteiger partial charge in [-0.3, -0.25) is 4.79 Å². The van der Waals surface area contributed by atoms with Gasteiger partial charge in [0, 0.05) is 13.0 Å². The van der Waals surface area contributed by atoms with Crippen LogP contribution in [0.2, 0.25) is 0 Å². The number of rotatable bonds is 6. The van der Waals surface area contributed by atoms with Crippen molar-refractivity contribution >= 4 is 11.7 Å². The SMILES string of the molecule is COc1ccc([C@H]2C[C@H](C(F)(F)F)n3ncc(C(=O)N4CCc5cc(OC)c(OC)cc5[C@@H]4C)c3N2)cc1OC. The van der Waals surface area contributed by atoms with Gasteiger partial charge in [0.25, 0.3) is 5.91 Å². The number of nitrogens with one attached hydrogen (secondary N) is 1. The second-order valence-corrected chi connectivity index (χ2v) is 9.79. The highest BCUT2D eigenvalue weighted by molar-refractivity contribution is 5.99. The molecule has 3 heterocycles. The maximum atomic E-state index is 14.2. The molecule has 2 aliphatic rings. The minimum absolute atomic E-state index is 0.0312. The molecule has 12 heteroatoms. The van der Waals surface area contributed by atoms with Crippen molar-refractivity contribution in [3.63, 3.8) is 0 Å². The smallest absolute Gasteiger partial charge is 0.410 e. The number of anilines is 1. The molecule has 214 valence electrons. The molecule has 0 radical (unpaired) electrons. The number of amides is 1. The van der Waals surface area contributed by atoms with Crippen LogP contribution in [0.25, 0.3) is 0 Å². The van der Waals surface area contributed by atoms with E-state index < -0.39 is 24.2 Å². The summed E-state index contributed by atoms with van der Waals surface area (Å²) in [7, 11) is 6.05. The standard InChI is InChI=1S/C28H31F3N4O5/c1-15-18-12-24(40-5)23(39-4)10-16(18)8-9-34(15)27(36)19-14-32-35-25(28(29,30)31)13-20(33-26(19)35)17-6-7-21(37-2)22(11-17)38-3/h6-7,10-12,14-15,20,25,33H,8-9,13H2,1-5H3/t15-,20+,25+/m0/s1. The van der Waals surface area contributed by atoms with Gasteiger partial charge in [0.15, 0.2) is 29.0 Å². The van der Waals surface area contributed by atoms with Crippen molar-refractivity contribution in [1.29, 1.82) is 0 Å². The predicted octanol–water partition coefficient (Wildman–Crippen LogP) is 5.34. The Hall–Kier alpha value is -4.09. The number of halogens is 3. The number of nitrogens with zero attached hydrogens (tertiary/aromatic N) is 3. The van der Waals surface area contributed by atoms with Crippen LogP contribution >= 0.6 is 0 Å². The second kappa shape index (κ2) is 10.5. The largest absolute Gasteiger partial charge is 0.493 e. The number of methoxy groups -OCH3 is 4. The summed E-state index contributed by atoms with van der Waals surface area (Å²) >= 11 is 0. The van der Waals surface area contributed by atoms with Crippen LogP contribution in [0.3, 0.4) is 0 Å². The highest BCUT2D eigenvalue weighted by Crippen LogP contribution is 2.46. The van der Waals surface area contributed by atoms with Crippen molar-refractivity contribution in [1.82, 2.24) is 14.7 Å². The Kier molecular flexibility index (Phi) is 7.19. The zero-order chi connectivity index (χ0) is 28.8. The summed E-state index contributed by atoms with van der Waals surface area (Å²) in [5.74, 6) is 1.62. The van der Waals surface area contributed by atoms with E-state index in [9.17, 15) is 18.0 Å². The maximum absolute atomic E-state index is 14.2. The van der Waals surface area contributed by atoms with Crippen molar-refractivity contribution < 1.29 is 36.9 Å². The summed E-state index contributed by atoms with van der Waals surface area (Å²) in [6, 6.07) is 5.70. The third-order valence-corrected chi connectivity index (χ3v) is 7.72. The second-order valence-electron chi connectivity index (χ2n) is 9.79. The lowest BCUT2D eigenvalue weighted by Gasteiger charge is -2.37. The van der Waals surface area contributed by atoms with Gasteiger partial charge in [0.2, 0.25) is 0 Å². The Morgan fingerprint density at radius 2 is 1.62 bits per heavy atom. The number of aromatic nitrogens is 2. The van der Waals surface area contributed by atoms with E-state index in [1.807, 2.05) is 19.1 Å². The highest BCUT2D eigenvalue weighted by atomic mass is 19.4. The van der Waals surface area contributed by atoms with Crippen LogP contribution in [-0.2, 0) is 6.42 Å². The van der Waals surface area contributed by atoms with Gasteiger partial charge in [-0.15, -0.1) is 0 Å². The Bertz CT molecular complexity index is 1420. The van der Waals surface area contributed by atoms with Gasteiger partial charge in [0.1, 0.15) is 11.4 Å². The number of hydrogen-bond acceptors (Lipinski definition) is 7. The summed E-state index contributed by atoms with van der Waals surface area (Å²) in [5.41, 5.74) is 2.56. The first-order valence-corrected chi connectivity index (χ1v) is 12.8. The van der Waals surface area contributed by atoms with E-state index in [-0.39, 0.29) is 23.8 Å². The number of benzene rings is 2. The molecule has 0 saturated carbocycles. The van der Waals surface area contributed by atoms with Crippen LogP contribution < -0.4 is 24.3 Å². The van der Waals surface area contributed by atoms with Crippen molar-refractivity contribution in [2.24, 2.45) is 0 Å². The fourth-order valence-electron chi connectivity index (χ4n) is 5.58. The van der Waals surface area contributed by atoms with E-state index >= 15 is 0 Å². The van der Waals surface area contributed by atoms with Crippen LogP contribution in [0.4, 0.5) is 19.0 Å². The number of ether oxygens (including phenoxy) is 4. The monoisotopic (exact) mass is 560 g/mol. The molecule has 2 aromatic carbocycles. The van der Waals surface area contributed by atoms with Gasteiger partial charge in [-0.25, -0.2) is 4.68 Å². The van der Waals surface area contributed by atoms with Gasteiger partial charge in [-0.05, 0) is 54.3 Å². The molecule has 0 bridgehead atoms. The molecule has 40 heavy (non-hydrogen) atoms. The normalized spacial score (nSPS) is 20.2. The van der Waals surface area contributed by atoms with Gasteiger partial charge < -0.3 is 29.2 Å². The summed E-state index contributed by atoms with van der Waals surface area (Å²) in [6.07, 6.45) is -3.11. The Morgan fingerprint density at radius 1 is 0.975 bits per heavy atom. The van der Waals surface area contributed by atoms with E-state index in [2.05, 4.69) is 10.4 Å². The van der Waals surface area contributed by atoms with Crippen LogP contribution in [0.1, 0.15) is 58.5 Å². The van der Waals surface area contributed by atoms with Crippen molar-refractivity contribution in [3.05, 3.63) is 58.8 Å². The Balaban J connectivity index is 1.50. The third-order valence-electron chi connectivity index (χ3n) is 7.72. The highest BCUT2D eigenvalue weighted by Gasteiger charge is 2.48. The Morgan fingerprint density at radius 3 is 2.27 bits per heavy atom. The molecular weight excluding hydrogens is 529 g/mol. The minimum atomic E-state index is -4.58. The molecule has 0 saturated heterocycles. The zero-order valence-electron chi connectivity index (χ0n) is 22.8. The summed E-state index contributed by atoms with van der Waals surface area (Å²) in [6.45, 7) is 2.27. The molecule has 1 amide bonds. The quantitative estimate of drug-likeness (QED) is 0.436. The molecule has 9 nitrogen and oxygen atoms in total. The molecule has 3 atom stereocenters. The lowest BCUT2D eigenvalue weighted by Crippen LogP contribution is -2.40. The van der Waals surface area contributed by atoms with Crippen molar-refractivity contribution in [2.45, 2.75) is 44.1 Å². The van der Waals surface area contributed by atoms with Gasteiger partial charge in [-0.2, -0.15) is 18.3 Å². The minimum Gasteiger partial charge on any atom is -0.493 e. The maximum Gasteiger partial charge on any atom is 0.410 e. The molecule has 0 aliphatic carbocycles. The summed E-state index contributed by atoms with van der Waals surface area (Å²) < 4.78 is 65.1. The van der Waals surface area contributed by atoms with Crippen LogP contribution in [0, 0.1) is 0 Å². The first-order valence-electron chi connectivity index (χ1n) is 12.8. The molecular formula is C28H31F3N4O5. The molecule has 5 rings (SSSR count). The lowest BCUT2D eigenvalue weighted by atomic mass is 9.92. The van der Waals surface area contributed by atoms with E-state index in [1.165, 1.54) is 27.5 Å². The number of fused-ring (bicyclic) bond motifs is 2. The average molecular weight is 561 g/mol. The fraction of sp³-hybridized carbons (Fsp3) is 0.429. The van der Waals surface area contributed by atoms with Crippen molar-refractivity contribution in [3.8, 4) is 23.0 Å². The van der Waals surface area contributed by atoms with E-state index in [0.717, 1.165) is 15.8 Å². The van der Waals surface area contributed by atoms with E-state index in [1.54, 1.807) is 30.2 Å². The average Bonchev–Trinajstić information content (AvgIpc) is 3.39. The van der Waals surface area contributed by atoms with Crippen molar-refractivity contribution in [2.75, 3.05) is 40.3 Å². The van der Waals surface area contributed by atoms with E-state index in [0.29, 0.717) is 41.5 Å².